The van der Waals surface area contributed by atoms with Gasteiger partial charge in [0, 0.05) is 0 Å². The third-order valence-electron chi connectivity index (χ3n) is 2.33. The van der Waals surface area contributed by atoms with Crippen molar-refractivity contribution in [3.8, 4) is 5.75 Å². The summed E-state index contributed by atoms with van der Waals surface area (Å²) in [6.45, 7) is 2.81. The number of hydrogen-bond acceptors (Lipinski definition) is 2. The largest absolute Gasteiger partial charge is 0.489 e. The first kappa shape index (κ1) is 10.2. The van der Waals surface area contributed by atoms with Gasteiger partial charge < -0.3 is 4.74 Å². The van der Waals surface area contributed by atoms with Crippen LogP contribution in [0.3, 0.4) is 0 Å². The van der Waals surface area contributed by atoms with Gasteiger partial charge in [0.15, 0.2) is 0 Å². The summed E-state index contributed by atoms with van der Waals surface area (Å²) in [7, 11) is 0. The molecule has 0 aliphatic rings. The van der Waals surface area contributed by atoms with Gasteiger partial charge in [-0.25, -0.2) is 0 Å². The van der Waals surface area contributed by atoms with E-state index in [0.29, 0.717) is 6.61 Å². The summed E-state index contributed by atoms with van der Waals surface area (Å²) in [5, 5.41) is 4.19. The van der Waals surface area contributed by atoms with E-state index in [1.54, 1.807) is 11.3 Å². The van der Waals surface area contributed by atoms with E-state index in [4.69, 9.17) is 4.74 Å². The Morgan fingerprint density at radius 2 is 2.07 bits per heavy atom. The molecule has 2 aromatic rings. The second-order valence-corrected chi connectivity index (χ2v) is 4.16. The Kier molecular flexibility index (Phi) is 3.41. The molecule has 0 unspecified atom stereocenters. The van der Waals surface area contributed by atoms with Gasteiger partial charge in [-0.05, 0) is 40.4 Å². The second kappa shape index (κ2) is 4.99. The second-order valence-electron chi connectivity index (χ2n) is 3.38. The van der Waals surface area contributed by atoms with Gasteiger partial charge in [-0.2, -0.15) is 11.3 Å². The topological polar surface area (TPSA) is 9.23 Å². The van der Waals surface area contributed by atoms with Crippen LogP contribution in [0, 0.1) is 0 Å². The van der Waals surface area contributed by atoms with Crippen LogP contribution >= 0.6 is 11.3 Å². The first-order valence-electron chi connectivity index (χ1n) is 5.12. The van der Waals surface area contributed by atoms with Crippen molar-refractivity contribution in [3.05, 3.63) is 52.2 Å². The number of ether oxygens (including phenoxy) is 1. The molecular formula is C13H14OS. The first-order valence-corrected chi connectivity index (χ1v) is 6.06. The van der Waals surface area contributed by atoms with Gasteiger partial charge in [0.1, 0.15) is 12.4 Å². The maximum absolute atomic E-state index is 5.78. The SMILES string of the molecule is CCc1ccccc1OCc1ccsc1. The predicted octanol–water partition coefficient (Wildman–Crippen LogP) is 3.89. The fourth-order valence-corrected chi connectivity index (χ4v) is 2.13. The predicted molar refractivity (Wildman–Crippen MR) is 64.5 cm³/mol. The van der Waals surface area contributed by atoms with Gasteiger partial charge in [0.25, 0.3) is 0 Å². The van der Waals surface area contributed by atoms with Gasteiger partial charge in [-0.3, -0.25) is 0 Å². The zero-order valence-electron chi connectivity index (χ0n) is 8.77. The maximum atomic E-state index is 5.78. The maximum Gasteiger partial charge on any atom is 0.122 e. The van der Waals surface area contributed by atoms with Crippen LogP contribution in [-0.4, -0.2) is 0 Å². The van der Waals surface area contributed by atoms with Crippen LogP contribution in [0.1, 0.15) is 18.1 Å². The molecule has 0 saturated heterocycles. The van der Waals surface area contributed by atoms with Crippen molar-refractivity contribution in [2.24, 2.45) is 0 Å². The normalized spacial score (nSPS) is 10.2. The third kappa shape index (κ3) is 2.60. The molecule has 0 aliphatic carbocycles. The highest BCUT2D eigenvalue weighted by molar-refractivity contribution is 7.07. The Balaban J connectivity index is 2.04. The third-order valence-corrected chi connectivity index (χ3v) is 3.06. The molecule has 0 amide bonds. The highest BCUT2D eigenvalue weighted by Gasteiger charge is 2.00. The Hall–Kier alpha value is -1.28. The molecule has 2 rings (SSSR count). The number of hydrogen-bond donors (Lipinski definition) is 0. The van der Waals surface area contributed by atoms with Gasteiger partial charge >= 0.3 is 0 Å². The van der Waals surface area contributed by atoms with Gasteiger partial charge in [0.05, 0.1) is 0 Å². The zero-order valence-corrected chi connectivity index (χ0v) is 9.59. The molecule has 0 radical (unpaired) electrons. The molecule has 15 heavy (non-hydrogen) atoms. The van der Waals surface area contributed by atoms with E-state index in [2.05, 4.69) is 35.9 Å². The molecule has 1 nitrogen and oxygen atoms in total. The van der Waals surface area contributed by atoms with Crippen LogP contribution < -0.4 is 4.74 Å². The van der Waals surface area contributed by atoms with Crippen molar-refractivity contribution in [2.75, 3.05) is 0 Å². The molecule has 78 valence electrons. The smallest absolute Gasteiger partial charge is 0.122 e. The van der Waals surface area contributed by atoms with Crippen LogP contribution in [0.4, 0.5) is 0 Å². The Morgan fingerprint density at radius 3 is 2.80 bits per heavy atom. The minimum Gasteiger partial charge on any atom is -0.489 e. The minimum absolute atomic E-state index is 0.667. The Bertz CT molecular complexity index is 406. The molecule has 0 atom stereocenters. The van der Waals surface area contributed by atoms with E-state index in [9.17, 15) is 0 Å². The van der Waals surface area contributed by atoms with Crippen molar-refractivity contribution in [3.63, 3.8) is 0 Å². The van der Waals surface area contributed by atoms with Crippen LogP contribution in [0.15, 0.2) is 41.1 Å². The molecule has 0 bridgehead atoms. The molecule has 0 saturated carbocycles. The van der Waals surface area contributed by atoms with Crippen LogP contribution in [0.2, 0.25) is 0 Å². The quantitative estimate of drug-likeness (QED) is 0.756. The van der Waals surface area contributed by atoms with Crippen molar-refractivity contribution < 1.29 is 4.74 Å². The highest BCUT2D eigenvalue weighted by atomic mass is 32.1. The monoisotopic (exact) mass is 218 g/mol. The lowest BCUT2D eigenvalue weighted by atomic mass is 10.1. The minimum atomic E-state index is 0.667. The van der Waals surface area contributed by atoms with Crippen LogP contribution in [0.5, 0.6) is 5.75 Å². The molecule has 0 N–H and O–H groups in total. The highest BCUT2D eigenvalue weighted by Crippen LogP contribution is 2.20. The molecule has 2 heteroatoms. The van der Waals surface area contributed by atoms with E-state index in [1.807, 2.05) is 12.1 Å². The summed E-state index contributed by atoms with van der Waals surface area (Å²) in [5.41, 5.74) is 2.51. The van der Waals surface area contributed by atoms with Crippen molar-refractivity contribution in [1.29, 1.82) is 0 Å². The Labute approximate surface area is 94.3 Å². The molecule has 0 spiro atoms. The lowest BCUT2D eigenvalue weighted by Gasteiger charge is -2.08. The summed E-state index contributed by atoms with van der Waals surface area (Å²) in [6.07, 6.45) is 1.01. The van der Waals surface area contributed by atoms with Crippen LogP contribution in [0.25, 0.3) is 0 Å². The fraction of sp³-hybridized carbons (Fsp3) is 0.231. The molecular weight excluding hydrogens is 204 g/mol. The van der Waals surface area contributed by atoms with Crippen molar-refractivity contribution in [1.82, 2.24) is 0 Å². The van der Waals surface area contributed by atoms with E-state index >= 15 is 0 Å². The number of rotatable bonds is 4. The average molecular weight is 218 g/mol. The van der Waals surface area contributed by atoms with E-state index < -0.39 is 0 Å². The molecule has 0 fully saturated rings. The lowest BCUT2D eigenvalue weighted by Crippen LogP contribution is -1.96. The zero-order chi connectivity index (χ0) is 10.5. The average Bonchev–Trinajstić information content (AvgIpc) is 2.79. The van der Waals surface area contributed by atoms with Gasteiger partial charge in [0.2, 0.25) is 0 Å². The molecule has 1 aromatic heterocycles. The van der Waals surface area contributed by atoms with Crippen molar-refractivity contribution >= 4 is 11.3 Å². The summed E-state index contributed by atoms with van der Waals surface area (Å²) >= 11 is 1.70. The van der Waals surface area contributed by atoms with Crippen molar-refractivity contribution in [2.45, 2.75) is 20.0 Å². The fourth-order valence-electron chi connectivity index (χ4n) is 1.47. The number of para-hydroxylation sites is 1. The lowest BCUT2D eigenvalue weighted by molar-refractivity contribution is 0.303. The number of aryl methyl sites for hydroxylation is 1. The van der Waals surface area contributed by atoms with E-state index in [-0.39, 0.29) is 0 Å². The Morgan fingerprint density at radius 1 is 1.20 bits per heavy atom. The number of thiophene rings is 1. The van der Waals surface area contributed by atoms with E-state index in [1.165, 1.54) is 11.1 Å². The van der Waals surface area contributed by atoms with Gasteiger partial charge in [-0.1, -0.05) is 25.1 Å². The molecule has 1 aromatic carbocycles. The summed E-state index contributed by atoms with van der Waals surface area (Å²) in [4.78, 5) is 0. The number of benzene rings is 1. The summed E-state index contributed by atoms with van der Waals surface area (Å²) < 4.78 is 5.78. The van der Waals surface area contributed by atoms with Crippen LogP contribution in [-0.2, 0) is 13.0 Å². The first-order chi connectivity index (χ1) is 7.40. The summed E-state index contributed by atoms with van der Waals surface area (Å²) in [6, 6.07) is 10.3. The molecule has 1 heterocycles. The standard InChI is InChI=1S/C13H14OS/c1-2-12-5-3-4-6-13(12)14-9-11-7-8-15-10-11/h3-8,10H,2,9H2,1H3. The van der Waals surface area contributed by atoms with E-state index in [0.717, 1.165) is 12.2 Å². The molecule has 0 aliphatic heterocycles. The summed E-state index contributed by atoms with van der Waals surface area (Å²) in [5.74, 6) is 1.01. The van der Waals surface area contributed by atoms with Gasteiger partial charge in [-0.15, -0.1) is 0 Å².